The molecule has 1 saturated heterocycles. The molecule has 116 valence electrons. The minimum absolute atomic E-state index is 0.0120. The Kier molecular flexibility index (Phi) is 5.38. The maximum atomic E-state index is 11.3. The van der Waals surface area contributed by atoms with Crippen molar-refractivity contribution < 1.29 is 14.4 Å². The number of nitrogens with one attached hydrogen (secondary N) is 1. The van der Waals surface area contributed by atoms with Crippen molar-refractivity contribution in [2.24, 2.45) is 0 Å². The van der Waals surface area contributed by atoms with Crippen LogP contribution in [0.4, 0.5) is 11.4 Å². The molecule has 0 amide bonds. The second-order valence-electron chi connectivity index (χ2n) is 5.45. The molecule has 1 unspecified atom stereocenters. The summed E-state index contributed by atoms with van der Waals surface area (Å²) in [5.74, 6) is 0.296. The topological polar surface area (TPSA) is 73.6 Å². The Bertz CT molecular complexity index is 485. The van der Waals surface area contributed by atoms with Crippen LogP contribution in [0.3, 0.4) is 0 Å². The van der Waals surface area contributed by atoms with E-state index >= 15 is 0 Å². The summed E-state index contributed by atoms with van der Waals surface area (Å²) >= 11 is 0. The first-order chi connectivity index (χ1) is 10.1. The lowest BCUT2D eigenvalue weighted by atomic mass is 10.1. The predicted octanol–water partition coefficient (Wildman–Crippen LogP) is 3.36. The van der Waals surface area contributed by atoms with E-state index in [4.69, 9.17) is 9.47 Å². The molecule has 1 aromatic rings. The van der Waals surface area contributed by atoms with Crippen molar-refractivity contribution in [3.05, 3.63) is 28.3 Å². The summed E-state index contributed by atoms with van der Waals surface area (Å²) in [5, 5.41) is 14.5. The van der Waals surface area contributed by atoms with Gasteiger partial charge in [0.25, 0.3) is 0 Å². The van der Waals surface area contributed by atoms with E-state index in [1.54, 1.807) is 18.2 Å². The molecular weight excluding hydrogens is 272 g/mol. The summed E-state index contributed by atoms with van der Waals surface area (Å²) in [6.07, 6.45) is 3.23. The van der Waals surface area contributed by atoms with E-state index in [0.717, 1.165) is 25.9 Å². The zero-order chi connectivity index (χ0) is 15.2. The molecule has 0 radical (unpaired) electrons. The monoisotopic (exact) mass is 294 g/mol. The van der Waals surface area contributed by atoms with Crippen LogP contribution >= 0.6 is 0 Å². The van der Waals surface area contributed by atoms with Gasteiger partial charge in [-0.25, -0.2) is 0 Å². The van der Waals surface area contributed by atoms with E-state index in [9.17, 15) is 10.1 Å². The number of hydrogen-bond acceptors (Lipinski definition) is 5. The molecule has 0 spiro atoms. The number of rotatable bonds is 6. The molecule has 1 aliphatic rings. The SMILES string of the molecule is CC(C)Oc1cccc(NCC2CCCCO2)c1[N+](=O)[O-]. The van der Waals surface area contributed by atoms with Crippen molar-refractivity contribution in [3.8, 4) is 5.75 Å². The summed E-state index contributed by atoms with van der Waals surface area (Å²) in [6, 6.07) is 5.09. The normalized spacial score (nSPS) is 18.5. The van der Waals surface area contributed by atoms with Crippen LogP contribution in [0.1, 0.15) is 33.1 Å². The number of nitrogens with zero attached hydrogens (tertiary/aromatic N) is 1. The van der Waals surface area contributed by atoms with E-state index in [0.29, 0.717) is 18.0 Å². The molecule has 0 bridgehead atoms. The van der Waals surface area contributed by atoms with Gasteiger partial charge in [0.1, 0.15) is 5.69 Å². The molecule has 21 heavy (non-hydrogen) atoms. The van der Waals surface area contributed by atoms with Crippen LogP contribution in [0.2, 0.25) is 0 Å². The van der Waals surface area contributed by atoms with E-state index in [1.807, 2.05) is 13.8 Å². The molecule has 1 aromatic carbocycles. The molecule has 0 saturated carbocycles. The zero-order valence-electron chi connectivity index (χ0n) is 12.5. The standard InChI is InChI=1S/C15H22N2O4/c1-11(2)21-14-8-5-7-13(15(14)17(18)19)16-10-12-6-3-4-9-20-12/h5,7-8,11-12,16H,3-4,6,9-10H2,1-2H3. The fourth-order valence-corrected chi connectivity index (χ4v) is 2.39. The Labute approximate surface area is 124 Å². The molecule has 6 heteroatoms. The Morgan fingerprint density at radius 3 is 2.90 bits per heavy atom. The van der Waals surface area contributed by atoms with E-state index < -0.39 is 4.92 Å². The third kappa shape index (κ3) is 4.32. The van der Waals surface area contributed by atoms with Gasteiger partial charge in [-0.05, 0) is 45.2 Å². The highest BCUT2D eigenvalue weighted by Crippen LogP contribution is 2.35. The maximum Gasteiger partial charge on any atom is 0.333 e. The van der Waals surface area contributed by atoms with E-state index in [1.165, 1.54) is 0 Å². The fraction of sp³-hybridized carbons (Fsp3) is 0.600. The van der Waals surface area contributed by atoms with Gasteiger partial charge >= 0.3 is 5.69 Å². The summed E-state index contributed by atoms with van der Waals surface area (Å²) in [4.78, 5) is 10.9. The van der Waals surface area contributed by atoms with Gasteiger partial charge in [-0.1, -0.05) is 6.07 Å². The lowest BCUT2D eigenvalue weighted by molar-refractivity contribution is -0.385. The largest absolute Gasteiger partial charge is 0.484 e. The molecule has 1 N–H and O–H groups in total. The number of nitro groups is 1. The lowest BCUT2D eigenvalue weighted by Crippen LogP contribution is -2.27. The number of para-hydroxylation sites is 1. The molecule has 1 aliphatic heterocycles. The van der Waals surface area contributed by atoms with Crippen LogP contribution in [0.15, 0.2) is 18.2 Å². The highest BCUT2D eigenvalue weighted by atomic mass is 16.6. The minimum atomic E-state index is -0.401. The van der Waals surface area contributed by atoms with Crippen molar-refractivity contribution >= 4 is 11.4 Å². The predicted molar refractivity (Wildman–Crippen MR) is 80.9 cm³/mol. The molecule has 6 nitrogen and oxygen atoms in total. The van der Waals surface area contributed by atoms with E-state index in [2.05, 4.69) is 5.32 Å². The third-order valence-electron chi connectivity index (χ3n) is 3.34. The van der Waals surface area contributed by atoms with E-state index in [-0.39, 0.29) is 17.9 Å². The number of ether oxygens (including phenoxy) is 2. The number of benzene rings is 1. The number of hydrogen-bond donors (Lipinski definition) is 1. The van der Waals surface area contributed by atoms with Gasteiger partial charge in [-0.15, -0.1) is 0 Å². The Hall–Kier alpha value is -1.82. The third-order valence-corrected chi connectivity index (χ3v) is 3.34. The Morgan fingerprint density at radius 1 is 1.48 bits per heavy atom. The Balaban J connectivity index is 2.11. The van der Waals surface area contributed by atoms with Gasteiger partial charge in [0.15, 0.2) is 5.75 Å². The number of nitro benzene ring substituents is 1. The van der Waals surface area contributed by atoms with Gasteiger partial charge in [-0.3, -0.25) is 10.1 Å². The first kappa shape index (κ1) is 15.6. The second kappa shape index (κ2) is 7.26. The van der Waals surface area contributed by atoms with Crippen LogP contribution < -0.4 is 10.1 Å². The molecule has 0 aliphatic carbocycles. The fourth-order valence-electron chi connectivity index (χ4n) is 2.39. The molecular formula is C15H22N2O4. The van der Waals surface area contributed by atoms with Gasteiger partial charge in [0.05, 0.1) is 17.1 Å². The molecule has 2 rings (SSSR count). The van der Waals surface area contributed by atoms with Crippen LogP contribution in [-0.4, -0.2) is 30.3 Å². The van der Waals surface area contributed by atoms with Crippen molar-refractivity contribution in [1.29, 1.82) is 0 Å². The molecule has 1 atom stereocenters. The van der Waals surface area contributed by atoms with Crippen molar-refractivity contribution in [2.45, 2.75) is 45.3 Å². The van der Waals surface area contributed by atoms with Crippen molar-refractivity contribution in [1.82, 2.24) is 0 Å². The van der Waals surface area contributed by atoms with Crippen molar-refractivity contribution in [3.63, 3.8) is 0 Å². The Morgan fingerprint density at radius 2 is 2.29 bits per heavy atom. The summed E-state index contributed by atoms with van der Waals surface area (Å²) in [7, 11) is 0. The minimum Gasteiger partial charge on any atom is -0.484 e. The molecule has 1 fully saturated rings. The first-order valence-electron chi connectivity index (χ1n) is 7.37. The smallest absolute Gasteiger partial charge is 0.333 e. The number of anilines is 1. The maximum absolute atomic E-state index is 11.3. The van der Waals surface area contributed by atoms with Gasteiger partial charge in [0, 0.05) is 13.2 Å². The van der Waals surface area contributed by atoms with Crippen LogP contribution in [0.25, 0.3) is 0 Å². The second-order valence-corrected chi connectivity index (χ2v) is 5.45. The highest BCUT2D eigenvalue weighted by Gasteiger charge is 2.23. The zero-order valence-corrected chi connectivity index (χ0v) is 12.5. The van der Waals surface area contributed by atoms with Gasteiger partial charge in [0.2, 0.25) is 0 Å². The van der Waals surface area contributed by atoms with Crippen LogP contribution in [0, 0.1) is 10.1 Å². The van der Waals surface area contributed by atoms with Gasteiger partial charge < -0.3 is 14.8 Å². The van der Waals surface area contributed by atoms with Crippen LogP contribution in [0.5, 0.6) is 5.75 Å². The van der Waals surface area contributed by atoms with Crippen molar-refractivity contribution in [2.75, 3.05) is 18.5 Å². The average molecular weight is 294 g/mol. The first-order valence-corrected chi connectivity index (χ1v) is 7.37. The molecule has 1 heterocycles. The summed E-state index contributed by atoms with van der Waals surface area (Å²) < 4.78 is 11.2. The molecule has 0 aromatic heterocycles. The van der Waals surface area contributed by atoms with Crippen LogP contribution in [-0.2, 0) is 4.74 Å². The summed E-state index contributed by atoms with van der Waals surface area (Å²) in [6.45, 7) is 5.04. The quantitative estimate of drug-likeness (QED) is 0.643. The highest BCUT2D eigenvalue weighted by molar-refractivity contribution is 5.68. The average Bonchev–Trinajstić information content (AvgIpc) is 2.45. The summed E-state index contributed by atoms with van der Waals surface area (Å²) in [5.41, 5.74) is 0.467. The van der Waals surface area contributed by atoms with Gasteiger partial charge in [-0.2, -0.15) is 0 Å². The lowest BCUT2D eigenvalue weighted by Gasteiger charge is -2.23.